The molecule has 1 heterocycles. The van der Waals surface area contributed by atoms with Crippen LogP contribution < -0.4 is 5.32 Å². The second-order valence-corrected chi connectivity index (χ2v) is 6.25. The second kappa shape index (κ2) is 6.34. The molecule has 1 aliphatic rings. The number of hydrogen-bond acceptors (Lipinski definition) is 2. The molecule has 1 aromatic carbocycles. The van der Waals surface area contributed by atoms with Crippen LogP contribution in [-0.4, -0.2) is 15.7 Å². The summed E-state index contributed by atoms with van der Waals surface area (Å²) in [5, 5.41) is 7.48. The maximum atomic E-state index is 12.1. The number of carbonyl (C=O) groups is 1. The van der Waals surface area contributed by atoms with Gasteiger partial charge in [-0.3, -0.25) is 9.48 Å². The van der Waals surface area contributed by atoms with Crippen molar-refractivity contribution in [2.45, 2.75) is 46.1 Å². The van der Waals surface area contributed by atoms with Gasteiger partial charge in [0.15, 0.2) is 0 Å². The average Bonchev–Trinajstić information content (AvgIpc) is 2.89. The largest absolute Gasteiger partial charge is 0.324 e. The minimum absolute atomic E-state index is 0.0304. The van der Waals surface area contributed by atoms with Crippen LogP contribution in [0, 0.1) is 5.92 Å². The first-order valence-electron chi connectivity index (χ1n) is 8.08. The number of nitrogens with zero attached hydrogens (tertiary/aromatic N) is 2. The lowest BCUT2D eigenvalue weighted by Crippen LogP contribution is -2.19. The lowest BCUT2D eigenvalue weighted by molar-refractivity contribution is -0.116. The third kappa shape index (κ3) is 3.38. The third-order valence-electron chi connectivity index (χ3n) is 4.32. The van der Waals surface area contributed by atoms with E-state index in [0.717, 1.165) is 36.6 Å². The minimum atomic E-state index is -0.0304. The highest BCUT2D eigenvalue weighted by Crippen LogP contribution is 2.23. The van der Waals surface area contributed by atoms with Gasteiger partial charge in [0.2, 0.25) is 5.91 Å². The monoisotopic (exact) mass is 297 g/mol. The van der Waals surface area contributed by atoms with Gasteiger partial charge in [0.25, 0.3) is 0 Å². The molecule has 0 unspecified atom stereocenters. The molecule has 0 fully saturated rings. The van der Waals surface area contributed by atoms with Crippen molar-refractivity contribution in [3.63, 3.8) is 0 Å². The van der Waals surface area contributed by atoms with E-state index in [4.69, 9.17) is 0 Å². The number of aryl methyl sites for hydroxylation is 2. The molecular weight excluding hydrogens is 274 g/mol. The minimum Gasteiger partial charge on any atom is -0.324 e. The predicted molar refractivity (Wildman–Crippen MR) is 87.9 cm³/mol. The highest BCUT2D eigenvalue weighted by molar-refractivity contribution is 5.90. The SMILES string of the molecule is CCc1ccc(NC(=O)Cn2cc3c(n2)CC[C@@H](C)C3)cc1. The number of nitrogens with one attached hydrogen (secondary N) is 1. The van der Waals surface area contributed by atoms with E-state index < -0.39 is 0 Å². The van der Waals surface area contributed by atoms with Gasteiger partial charge in [-0.15, -0.1) is 0 Å². The fourth-order valence-corrected chi connectivity index (χ4v) is 3.00. The Morgan fingerprint density at radius 1 is 1.36 bits per heavy atom. The van der Waals surface area contributed by atoms with Crippen LogP contribution in [-0.2, 0) is 30.6 Å². The van der Waals surface area contributed by atoms with Crippen molar-refractivity contribution in [3.05, 3.63) is 47.3 Å². The summed E-state index contributed by atoms with van der Waals surface area (Å²) in [6, 6.07) is 7.99. The normalized spacial score (nSPS) is 17.1. The Balaban J connectivity index is 1.61. The first-order chi connectivity index (χ1) is 10.6. The lowest BCUT2D eigenvalue weighted by Gasteiger charge is -2.15. The fourth-order valence-electron chi connectivity index (χ4n) is 3.00. The van der Waals surface area contributed by atoms with Gasteiger partial charge in [-0.1, -0.05) is 26.0 Å². The maximum absolute atomic E-state index is 12.1. The molecule has 4 heteroatoms. The Morgan fingerprint density at radius 2 is 2.14 bits per heavy atom. The van der Waals surface area contributed by atoms with E-state index in [1.54, 1.807) is 4.68 Å². The number of aromatic nitrogens is 2. The summed E-state index contributed by atoms with van der Waals surface area (Å²) in [6.07, 6.45) is 6.34. The van der Waals surface area contributed by atoms with Gasteiger partial charge >= 0.3 is 0 Å². The van der Waals surface area contributed by atoms with Crippen molar-refractivity contribution in [3.8, 4) is 0 Å². The zero-order valence-electron chi connectivity index (χ0n) is 13.3. The Hall–Kier alpha value is -2.10. The van der Waals surface area contributed by atoms with Crippen LogP contribution in [0.1, 0.15) is 37.1 Å². The zero-order valence-corrected chi connectivity index (χ0v) is 13.3. The quantitative estimate of drug-likeness (QED) is 0.942. The van der Waals surface area contributed by atoms with Gasteiger partial charge in [0, 0.05) is 11.9 Å². The van der Waals surface area contributed by atoms with E-state index in [1.807, 2.05) is 30.5 Å². The molecule has 0 radical (unpaired) electrons. The summed E-state index contributed by atoms with van der Waals surface area (Å²) >= 11 is 0. The summed E-state index contributed by atoms with van der Waals surface area (Å²) in [7, 11) is 0. The molecule has 1 N–H and O–H groups in total. The molecule has 1 aliphatic carbocycles. The van der Waals surface area contributed by atoms with Crippen LogP contribution in [0.2, 0.25) is 0 Å². The molecule has 1 aromatic heterocycles. The molecule has 0 bridgehead atoms. The van der Waals surface area contributed by atoms with Gasteiger partial charge < -0.3 is 5.32 Å². The van der Waals surface area contributed by atoms with Gasteiger partial charge in [-0.05, 0) is 54.9 Å². The van der Waals surface area contributed by atoms with Crippen molar-refractivity contribution in [2.24, 2.45) is 5.92 Å². The molecule has 3 rings (SSSR count). The fraction of sp³-hybridized carbons (Fsp3) is 0.444. The summed E-state index contributed by atoms with van der Waals surface area (Å²) in [5.74, 6) is 0.688. The standard InChI is InChI=1S/C18H23N3O/c1-3-14-5-7-16(8-6-14)19-18(22)12-21-11-15-10-13(2)4-9-17(15)20-21/h5-8,11,13H,3-4,9-10,12H2,1-2H3,(H,19,22)/t13-/m1/s1. The zero-order chi connectivity index (χ0) is 15.5. The lowest BCUT2D eigenvalue weighted by atomic mass is 9.89. The summed E-state index contributed by atoms with van der Waals surface area (Å²) in [4.78, 5) is 12.1. The van der Waals surface area contributed by atoms with Gasteiger partial charge in [0.1, 0.15) is 6.54 Å². The van der Waals surface area contributed by atoms with Crippen LogP contribution in [0.3, 0.4) is 0 Å². The van der Waals surface area contributed by atoms with E-state index in [9.17, 15) is 4.79 Å². The first kappa shape index (κ1) is 14.8. The van der Waals surface area contributed by atoms with E-state index in [1.165, 1.54) is 17.5 Å². The van der Waals surface area contributed by atoms with Crippen LogP contribution >= 0.6 is 0 Å². The van der Waals surface area contributed by atoms with Crippen LogP contribution in [0.5, 0.6) is 0 Å². The van der Waals surface area contributed by atoms with Crippen molar-refractivity contribution in [1.29, 1.82) is 0 Å². The van der Waals surface area contributed by atoms with Crippen LogP contribution in [0.15, 0.2) is 30.5 Å². The topological polar surface area (TPSA) is 46.9 Å². The van der Waals surface area contributed by atoms with Gasteiger partial charge in [-0.25, -0.2) is 0 Å². The summed E-state index contributed by atoms with van der Waals surface area (Å²) < 4.78 is 1.78. The number of fused-ring (bicyclic) bond motifs is 1. The molecule has 0 aliphatic heterocycles. The number of amides is 1. The number of benzene rings is 1. The predicted octanol–water partition coefficient (Wildman–Crippen LogP) is 3.21. The summed E-state index contributed by atoms with van der Waals surface area (Å²) in [6.45, 7) is 4.66. The molecular formula is C18H23N3O. The Kier molecular flexibility index (Phi) is 4.27. The number of hydrogen-bond donors (Lipinski definition) is 1. The molecule has 0 saturated carbocycles. The Morgan fingerprint density at radius 3 is 2.86 bits per heavy atom. The van der Waals surface area contributed by atoms with E-state index in [2.05, 4.69) is 24.3 Å². The summed E-state index contributed by atoms with van der Waals surface area (Å²) in [5.41, 5.74) is 4.58. The number of anilines is 1. The Bertz CT molecular complexity index is 657. The number of carbonyl (C=O) groups excluding carboxylic acids is 1. The van der Waals surface area contributed by atoms with Crippen molar-refractivity contribution in [2.75, 3.05) is 5.32 Å². The van der Waals surface area contributed by atoms with E-state index in [0.29, 0.717) is 0 Å². The first-order valence-corrected chi connectivity index (χ1v) is 8.08. The molecule has 0 spiro atoms. The molecule has 116 valence electrons. The van der Waals surface area contributed by atoms with E-state index >= 15 is 0 Å². The maximum Gasteiger partial charge on any atom is 0.246 e. The van der Waals surface area contributed by atoms with Crippen LogP contribution in [0.4, 0.5) is 5.69 Å². The highest BCUT2D eigenvalue weighted by atomic mass is 16.2. The molecule has 22 heavy (non-hydrogen) atoms. The smallest absolute Gasteiger partial charge is 0.246 e. The second-order valence-electron chi connectivity index (χ2n) is 6.25. The highest BCUT2D eigenvalue weighted by Gasteiger charge is 2.19. The molecule has 0 saturated heterocycles. The third-order valence-corrected chi connectivity index (χ3v) is 4.32. The Labute approximate surface area is 131 Å². The van der Waals surface area contributed by atoms with Crippen molar-refractivity contribution < 1.29 is 4.79 Å². The molecule has 4 nitrogen and oxygen atoms in total. The van der Waals surface area contributed by atoms with Crippen molar-refractivity contribution >= 4 is 11.6 Å². The van der Waals surface area contributed by atoms with Crippen LogP contribution in [0.25, 0.3) is 0 Å². The van der Waals surface area contributed by atoms with E-state index in [-0.39, 0.29) is 12.5 Å². The van der Waals surface area contributed by atoms with Crippen molar-refractivity contribution in [1.82, 2.24) is 9.78 Å². The molecule has 1 atom stereocenters. The van der Waals surface area contributed by atoms with Gasteiger partial charge in [0.05, 0.1) is 5.69 Å². The molecule has 2 aromatic rings. The van der Waals surface area contributed by atoms with Gasteiger partial charge in [-0.2, -0.15) is 5.10 Å². The average molecular weight is 297 g/mol. The molecule has 1 amide bonds. The number of rotatable bonds is 4.